The minimum absolute atomic E-state index is 0.00262. The first-order valence-electron chi connectivity index (χ1n) is 13.5. The van der Waals surface area contributed by atoms with Gasteiger partial charge in [-0.15, -0.1) is 0 Å². The number of sulfonamides is 1. The van der Waals surface area contributed by atoms with Gasteiger partial charge in [0.1, 0.15) is 17.4 Å². The quantitative estimate of drug-likeness (QED) is 0.0943. The number of carbonyl (C=O) groups is 1. The van der Waals surface area contributed by atoms with E-state index in [1.807, 2.05) is 0 Å². The molecule has 1 unspecified atom stereocenters. The molecule has 46 heavy (non-hydrogen) atoms. The molecule has 0 aliphatic carbocycles. The number of carbonyl (C=O) groups excluding carboxylic acids is 1. The summed E-state index contributed by atoms with van der Waals surface area (Å²) in [5.41, 5.74) is -1.71. The fraction of sp³-hybridized carbons (Fsp3) is 0.167. The van der Waals surface area contributed by atoms with E-state index >= 15 is 4.39 Å². The number of nitrogens with zero attached hydrogens (tertiary/aromatic N) is 3. The molecule has 16 heteroatoms. The van der Waals surface area contributed by atoms with Crippen molar-refractivity contribution in [1.82, 2.24) is 5.32 Å². The monoisotopic (exact) mass is 674 g/mol. The number of nitrogens with one attached hydrogen (secondary N) is 1. The number of anilines is 1. The van der Waals surface area contributed by atoms with Crippen LogP contribution in [0.4, 0.5) is 25.8 Å². The van der Waals surface area contributed by atoms with Crippen LogP contribution in [0.25, 0.3) is 0 Å². The predicted molar refractivity (Wildman–Crippen MR) is 165 cm³/mol. The first-order valence-corrected chi connectivity index (χ1v) is 15.3. The van der Waals surface area contributed by atoms with E-state index in [1.54, 1.807) is 24.3 Å². The Kier molecular flexibility index (Phi) is 10.5. The Morgan fingerprint density at radius 2 is 1.59 bits per heavy atom. The van der Waals surface area contributed by atoms with Crippen molar-refractivity contribution in [3.63, 3.8) is 0 Å². The van der Waals surface area contributed by atoms with Crippen LogP contribution in [0.5, 0.6) is 5.75 Å². The largest absolute Gasteiger partial charge is 0.493 e. The molecule has 0 aromatic heterocycles. The minimum atomic E-state index is -4.48. The molecule has 4 rings (SSSR count). The Hall–Kier alpha value is -5.15. The van der Waals surface area contributed by atoms with Crippen molar-refractivity contribution in [3.8, 4) is 5.75 Å². The molecule has 0 fully saturated rings. The number of hydrogen-bond acceptors (Lipinski definition) is 8. The summed E-state index contributed by atoms with van der Waals surface area (Å²) in [5.74, 6) is -2.38. The zero-order valence-electron chi connectivity index (χ0n) is 23.9. The number of nitro groups is 2. The normalized spacial score (nSPS) is 11.8. The first-order chi connectivity index (χ1) is 21.8. The van der Waals surface area contributed by atoms with E-state index < -0.39 is 60.5 Å². The summed E-state index contributed by atoms with van der Waals surface area (Å²) in [4.78, 5) is 32.9. The van der Waals surface area contributed by atoms with Gasteiger partial charge < -0.3 is 10.1 Å². The number of rotatable bonds is 13. The average Bonchev–Trinajstić information content (AvgIpc) is 3.02. The van der Waals surface area contributed by atoms with Crippen LogP contribution >= 0.6 is 11.6 Å². The lowest BCUT2D eigenvalue weighted by Crippen LogP contribution is -2.34. The molecule has 4 aromatic carbocycles. The van der Waals surface area contributed by atoms with Gasteiger partial charge in [0.25, 0.3) is 27.3 Å². The molecule has 1 amide bonds. The lowest BCUT2D eigenvalue weighted by Gasteiger charge is -2.32. The van der Waals surface area contributed by atoms with Gasteiger partial charge >= 0.3 is 0 Å². The number of amides is 1. The third-order valence-electron chi connectivity index (χ3n) is 6.69. The maximum atomic E-state index is 15.1. The highest BCUT2D eigenvalue weighted by Crippen LogP contribution is 2.38. The summed E-state index contributed by atoms with van der Waals surface area (Å²) >= 11 is 5.93. The topological polar surface area (TPSA) is 162 Å². The molecule has 240 valence electrons. The Morgan fingerprint density at radius 1 is 0.957 bits per heavy atom. The van der Waals surface area contributed by atoms with Crippen LogP contribution in [0.15, 0.2) is 89.8 Å². The van der Waals surface area contributed by atoms with Crippen LogP contribution in [0.2, 0.25) is 5.02 Å². The van der Waals surface area contributed by atoms with Crippen molar-refractivity contribution in [2.24, 2.45) is 0 Å². The molecule has 0 radical (unpaired) electrons. The van der Waals surface area contributed by atoms with Gasteiger partial charge in [0.05, 0.1) is 44.7 Å². The van der Waals surface area contributed by atoms with Crippen LogP contribution in [-0.4, -0.2) is 37.3 Å². The second-order valence-electron chi connectivity index (χ2n) is 9.77. The van der Waals surface area contributed by atoms with Crippen LogP contribution in [-0.2, 0) is 10.0 Å². The Bertz CT molecular complexity index is 1860. The van der Waals surface area contributed by atoms with Crippen molar-refractivity contribution < 1.29 is 36.6 Å². The number of benzene rings is 4. The molecule has 1 N–H and O–H groups in total. The standard InChI is InChI=1S/C30H25ClF2N4O8S/c1-19(35(28-17-22(32)9-12-27(28)33)46(43,44)25-10-7-21(31)8-11-25)26-5-2-3-6-29(26)45-14-4-13-34-30(38)20-15-23(36(39)40)18-24(16-20)37(41)42/h2-3,5-12,15-19H,4,13-14H2,1H3,(H,34,38). The smallest absolute Gasteiger partial charge is 0.277 e. The van der Waals surface area contributed by atoms with E-state index in [0.717, 1.165) is 40.7 Å². The van der Waals surface area contributed by atoms with E-state index in [0.29, 0.717) is 5.56 Å². The summed E-state index contributed by atoms with van der Waals surface area (Å²) in [6.45, 7) is 1.49. The average molecular weight is 675 g/mol. The summed E-state index contributed by atoms with van der Waals surface area (Å²) in [6.07, 6.45) is 0.205. The highest BCUT2D eigenvalue weighted by molar-refractivity contribution is 7.92. The molecule has 0 saturated carbocycles. The Labute approximate surface area is 266 Å². The van der Waals surface area contributed by atoms with Crippen molar-refractivity contribution in [2.75, 3.05) is 17.5 Å². The number of ether oxygens (including phenoxy) is 1. The Morgan fingerprint density at radius 3 is 2.22 bits per heavy atom. The summed E-state index contributed by atoms with van der Waals surface area (Å²) in [6, 6.07) is 15.5. The SMILES string of the molecule is CC(c1ccccc1OCCCNC(=O)c1cc([N+](=O)[O-])cc([N+](=O)[O-])c1)N(c1cc(F)ccc1F)S(=O)(=O)c1ccc(Cl)cc1. The molecule has 0 heterocycles. The molecular weight excluding hydrogens is 650 g/mol. The van der Waals surface area contributed by atoms with E-state index in [-0.39, 0.29) is 40.8 Å². The highest BCUT2D eigenvalue weighted by atomic mass is 35.5. The van der Waals surface area contributed by atoms with Crippen molar-refractivity contribution in [1.29, 1.82) is 0 Å². The van der Waals surface area contributed by atoms with E-state index in [1.165, 1.54) is 31.2 Å². The summed E-state index contributed by atoms with van der Waals surface area (Å²) in [5, 5.41) is 25.0. The molecule has 4 aromatic rings. The lowest BCUT2D eigenvalue weighted by molar-refractivity contribution is -0.394. The minimum Gasteiger partial charge on any atom is -0.493 e. The third-order valence-corrected chi connectivity index (χ3v) is 8.84. The van der Waals surface area contributed by atoms with Crippen LogP contribution in [0, 0.1) is 31.9 Å². The number of hydrogen-bond donors (Lipinski definition) is 1. The lowest BCUT2D eigenvalue weighted by atomic mass is 10.1. The molecule has 0 spiro atoms. The second-order valence-corrected chi connectivity index (χ2v) is 12.0. The van der Waals surface area contributed by atoms with Crippen molar-refractivity contribution in [2.45, 2.75) is 24.3 Å². The van der Waals surface area contributed by atoms with Gasteiger partial charge in [0, 0.05) is 35.3 Å². The molecule has 0 saturated heterocycles. The third kappa shape index (κ3) is 7.73. The zero-order valence-corrected chi connectivity index (χ0v) is 25.5. The summed E-state index contributed by atoms with van der Waals surface area (Å²) < 4.78 is 63.7. The maximum absolute atomic E-state index is 15.1. The van der Waals surface area contributed by atoms with Gasteiger partial charge in [-0.3, -0.25) is 29.3 Å². The summed E-state index contributed by atoms with van der Waals surface area (Å²) in [7, 11) is -4.48. The number of para-hydroxylation sites is 1. The van der Waals surface area contributed by atoms with Gasteiger partial charge in [0.2, 0.25) is 0 Å². The molecular formula is C30H25ClF2N4O8S. The number of nitro benzene ring substituents is 2. The van der Waals surface area contributed by atoms with Gasteiger partial charge in [-0.2, -0.15) is 0 Å². The molecule has 0 aliphatic rings. The number of non-ortho nitro benzene ring substituents is 2. The predicted octanol–water partition coefficient (Wildman–Crippen LogP) is 6.59. The molecule has 12 nitrogen and oxygen atoms in total. The maximum Gasteiger partial charge on any atom is 0.277 e. The van der Waals surface area contributed by atoms with E-state index in [9.17, 15) is 37.8 Å². The van der Waals surface area contributed by atoms with Crippen molar-refractivity contribution in [3.05, 3.63) is 133 Å². The number of halogens is 3. The van der Waals surface area contributed by atoms with Crippen molar-refractivity contribution >= 4 is 44.6 Å². The van der Waals surface area contributed by atoms with Gasteiger partial charge in [-0.1, -0.05) is 29.8 Å². The molecule has 1 atom stereocenters. The van der Waals surface area contributed by atoms with Gasteiger partial charge in [0.15, 0.2) is 0 Å². The fourth-order valence-corrected chi connectivity index (χ4v) is 6.26. The van der Waals surface area contributed by atoms with Crippen LogP contribution in [0.3, 0.4) is 0 Å². The van der Waals surface area contributed by atoms with Crippen LogP contribution in [0.1, 0.15) is 35.3 Å². The van der Waals surface area contributed by atoms with E-state index in [4.69, 9.17) is 16.3 Å². The van der Waals surface area contributed by atoms with Gasteiger partial charge in [-0.25, -0.2) is 17.2 Å². The second kappa shape index (κ2) is 14.3. The zero-order chi connectivity index (χ0) is 33.6. The fourth-order valence-electron chi connectivity index (χ4n) is 4.50. The Balaban J connectivity index is 1.52. The van der Waals surface area contributed by atoms with Crippen LogP contribution < -0.4 is 14.4 Å². The molecule has 0 aliphatic heterocycles. The first kappa shape index (κ1) is 33.7. The highest BCUT2D eigenvalue weighted by Gasteiger charge is 2.34. The van der Waals surface area contributed by atoms with Gasteiger partial charge in [-0.05, 0) is 55.8 Å². The molecule has 0 bridgehead atoms. The van der Waals surface area contributed by atoms with E-state index in [2.05, 4.69) is 5.32 Å².